The van der Waals surface area contributed by atoms with Crippen LogP contribution < -0.4 is 15.4 Å². The molecular weight excluding hydrogens is 356 g/mol. The summed E-state index contributed by atoms with van der Waals surface area (Å²) in [4.78, 5) is 11.8. The van der Waals surface area contributed by atoms with Crippen molar-refractivity contribution in [3.05, 3.63) is 52.0 Å². The Labute approximate surface area is 136 Å². The van der Waals surface area contributed by atoms with Crippen LogP contribution in [0.5, 0.6) is 5.75 Å². The topological polar surface area (TPSA) is 50.4 Å². The van der Waals surface area contributed by atoms with Gasteiger partial charge in [-0.3, -0.25) is 4.79 Å². The molecule has 1 amide bonds. The van der Waals surface area contributed by atoms with E-state index in [2.05, 4.69) is 26.6 Å². The van der Waals surface area contributed by atoms with Crippen molar-refractivity contribution < 1.29 is 9.53 Å². The number of anilines is 2. The van der Waals surface area contributed by atoms with Crippen LogP contribution in [0.2, 0.25) is 5.02 Å². The van der Waals surface area contributed by atoms with Crippen LogP contribution in [0, 0.1) is 0 Å². The van der Waals surface area contributed by atoms with Crippen molar-refractivity contribution in [1.82, 2.24) is 0 Å². The van der Waals surface area contributed by atoms with E-state index in [9.17, 15) is 4.79 Å². The minimum absolute atomic E-state index is 0.135. The molecular formula is C15H14BrClN2O2. The molecule has 4 nitrogen and oxygen atoms in total. The summed E-state index contributed by atoms with van der Waals surface area (Å²) in [5.41, 5.74) is 1.50. The quantitative estimate of drug-likeness (QED) is 0.832. The molecule has 21 heavy (non-hydrogen) atoms. The number of benzene rings is 2. The van der Waals surface area contributed by atoms with E-state index in [0.29, 0.717) is 10.8 Å². The summed E-state index contributed by atoms with van der Waals surface area (Å²) in [6, 6.07) is 12.7. The minimum atomic E-state index is -0.135. The number of methoxy groups -OCH3 is 1. The van der Waals surface area contributed by atoms with E-state index >= 15 is 0 Å². The number of carbonyl (C=O) groups is 1. The van der Waals surface area contributed by atoms with Crippen molar-refractivity contribution in [2.75, 3.05) is 24.3 Å². The van der Waals surface area contributed by atoms with E-state index in [4.69, 9.17) is 16.3 Å². The van der Waals surface area contributed by atoms with Gasteiger partial charge in [0.15, 0.2) is 0 Å². The van der Waals surface area contributed by atoms with Gasteiger partial charge in [-0.2, -0.15) is 0 Å². The average Bonchev–Trinajstić information content (AvgIpc) is 2.48. The van der Waals surface area contributed by atoms with Gasteiger partial charge in [-0.25, -0.2) is 0 Å². The Balaban J connectivity index is 1.89. The molecule has 0 fully saturated rings. The normalized spacial score (nSPS) is 10.0. The summed E-state index contributed by atoms with van der Waals surface area (Å²) in [6.07, 6.45) is 0. The highest BCUT2D eigenvalue weighted by molar-refractivity contribution is 9.10. The highest BCUT2D eigenvalue weighted by atomic mass is 79.9. The van der Waals surface area contributed by atoms with Gasteiger partial charge in [-0.15, -0.1) is 0 Å². The Bertz CT molecular complexity index is 632. The van der Waals surface area contributed by atoms with Crippen molar-refractivity contribution in [2.45, 2.75) is 0 Å². The fourth-order valence-electron chi connectivity index (χ4n) is 1.70. The zero-order valence-electron chi connectivity index (χ0n) is 11.3. The Morgan fingerprint density at radius 1 is 1.19 bits per heavy atom. The Hall–Kier alpha value is -1.72. The maximum Gasteiger partial charge on any atom is 0.243 e. The number of nitrogens with one attached hydrogen (secondary N) is 2. The van der Waals surface area contributed by atoms with Crippen molar-refractivity contribution in [1.29, 1.82) is 0 Å². The fraction of sp³-hybridized carbons (Fsp3) is 0.133. The molecule has 2 aromatic carbocycles. The van der Waals surface area contributed by atoms with E-state index in [0.717, 1.165) is 15.8 Å². The van der Waals surface area contributed by atoms with Crippen LogP contribution in [0.4, 0.5) is 11.4 Å². The summed E-state index contributed by atoms with van der Waals surface area (Å²) >= 11 is 9.36. The summed E-state index contributed by atoms with van der Waals surface area (Å²) < 4.78 is 6.04. The number of halogens is 2. The zero-order chi connectivity index (χ0) is 15.2. The number of hydrogen-bond acceptors (Lipinski definition) is 3. The van der Waals surface area contributed by atoms with E-state index in [-0.39, 0.29) is 12.5 Å². The number of carbonyl (C=O) groups excluding carboxylic acids is 1. The lowest BCUT2D eigenvalue weighted by Gasteiger charge is -2.09. The highest BCUT2D eigenvalue weighted by Crippen LogP contribution is 2.27. The molecule has 0 aliphatic heterocycles. The monoisotopic (exact) mass is 368 g/mol. The smallest absolute Gasteiger partial charge is 0.243 e. The molecule has 0 bridgehead atoms. The second kappa shape index (κ2) is 7.33. The lowest BCUT2D eigenvalue weighted by molar-refractivity contribution is -0.114. The maximum absolute atomic E-state index is 11.8. The van der Waals surface area contributed by atoms with Crippen LogP contribution >= 0.6 is 27.5 Å². The Morgan fingerprint density at radius 2 is 1.86 bits per heavy atom. The van der Waals surface area contributed by atoms with Gasteiger partial charge in [0.25, 0.3) is 0 Å². The van der Waals surface area contributed by atoms with Crippen molar-refractivity contribution in [3.63, 3.8) is 0 Å². The first kappa shape index (κ1) is 15.7. The second-order valence-corrected chi connectivity index (χ2v) is 5.58. The molecule has 2 aromatic rings. The molecule has 2 rings (SSSR count). The predicted octanol–water partition coefficient (Wildman–Crippen LogP) is 4.16. The van der Waals surface area contributed by atoms with Gasteiger partial charge in [0.1, 0.15) is 5.75 Å². The van der Waals surface area contributed by atoms with E-state index in [1.807, 2.05) is 24.3 Å². The Kier molecular flexibility index (Phi) is 5.47. The van der Waals surface area contributed by atoms with Crippen molar-refractivity contribution >= 4 is 44.8 Å². The van der Waals surface area contributed by atoms with Crippen LogP contribution in [-0.4, -0.2) is 19.6 Å². The summed E-state index contributed by atoms with van der Waals surface area (Å²) in [6.45, 7) is 0.152. The third-order valence-corrected chi connectivity index (χ3v) is 3.56. The van der Waals surface area contributed by atoms with Crippen LogP contribution in [0.3, 0.4) is 0 Å². The molecule has 0 aromatic heterocycles. The summed E-state index contributed by atoms with van der Waals surface area (Å²) in [5, 5.41) is 6.30. The summed E-state index contributed by atoms with van der Waals surface area (Å²) in [5.74, 6) is 0.464. The fourth-order valence-corrected chi connectivity index (χ4v) is 2.22. The molecule has 0 heterocycles. The van der Waals surface area contributed by atoms with Crippen LogP contribution in [0.15, 0.2) is 46.9 Å². The van der Waals surface area contributed by atoms with Crippen LogP contribution in [0.25, 0.3) is 0 Å². The van der Waals surface area contributed by atoms with E-state index in [1.54, 1.807) is 25.3 Å². The van der Waals surface area contributed by atoms with E-state index < -0.39 is 0 Å². The maximum atomic E-state index is 11.8. The van der Waals surface area contributed by atoms with Gasteiger partial charge in [0.2, 0.25) is 5.91 Å². The van der Waals surface area contributed by atoms with Crippen molar-refractivity contribution in [3.8, 4) is 5.75 Å². The predicted molar refractivity (Wildman–Crippen MR) is 89.3 cm³/mol. The molecule has 110 valence electrons. The van der Waals surface area contributed by atoms with Gasteiger partial charge >= 0.3 is 0 Å². The first-order valence-corrected chi connectivity index (χ1v) is 7.38. The van der Waals surface area contributed by atoms with Gasteiger partial charge in [0.05, 0.1) is 18.7 Å². The van der Waals surface area contributed by atoms with Crippen molar-refractivity contribution in [2.24, 2.45) is 0 Å². The first-order valence-electron chi connectivity index (χ1n) is 6.21. The SMILES string of the molecule is COc1ccc(NCC(=O)Nc2ccc(Br)cc2)cc1Cl. The third-order valence-electron chi connectivity index (χ3n) is 2.73. The second-order valence-electron chi connectivity index (χ2n) is 4.26. The molecule has 6 heteroatoms. The van der Waals surface area contributed by atoms with Gasteiger partial charge in [-0.05, 0) is 42.5 Å². The minimum Gasteiger partial charge on any atom is -0.495 e. The molecule has 0 unspecified atom stereocenters. The van der Waals surface area contributed by atoms with Gasteiger partial charge in [-0.1, -0.05) is 27.5 Å². The largest absolute Gasteiger partial charge is 0.495 e. The molecule has 0 aliphatic rings. The van der Waals surface area contributed by atoms with Gasteiger partial charge in [0, 0.05) is 15.8 Å². The number of hydrogen-bond donors (Lipinski definition) is 2. The van der Waals surface area contributed by atoms with Crippen LogP contribution in [-0.2, 0) is 4.79 Å². The first-order chi connectivity index (χ1) is 10.1. The molecule has 0 aliphatic carbocycles. The number of amides is 1. The van der Waals surface area contributed by atoms with E-state index in [1.165, 1.54) is 0 Å². The van der Waals surface area contributed by atoms with Crippen LogP contribution in [0.1, 0.15) is 0 Å². The molecule has 0 atom stereocenters. The molecule has 2 N–H and O–H groups in total. The average molecular weight is 370 g/mol. The zero-order valence-corrected chi connectivity index (χ0v) is 13.7. The molecule has 0 spiro atoms. The summed E-state index contributed by atoms with van der Waals surface area (Å²) in [7, 11) is 1.56. The highest BCUT2D eigenvalue weighted by Gasteiger charge is 2.05. The molecule has 0 radical (unpaired) electrons. The lowest BCUT2D eigenvalue weighted by atomic mass is 10.3. The molecule has 0 saturated heterocycles. The standard InChI is InChI=1S/C15H14BrClN2O2/c1-21-14-7-6-12(8-13(14)17)18-9-15(20)19-11-4-2-10(16)3-5-11/h2-8,18H,9H2,1H3,(H,19,20). The van der Waals surface area contributed by atoms with Gasteiger partial charge < -0.3 is 15.4 Å². The Morgan fingerprint density at radius 3 is 2.48 bits per heavy atom. The number of ether oxygens (including phenoxy) is 1. The molecule has 0 saturated carbocycles. The number of rotatable bonds is 5. The lowest BCUT2D eigenvalue weighted by Crippen LogP contribution is -2.21. The third kappa shape index (κ3) is 4.65.